The molecule has 1 N–H and O–H groups in total. The maximum atomic E-state index is 13.3. The van der Waals surface area contributed by atoms with Crippen LogP contribution in [0.25, 0.3) is 11.0 Å². The molecule has 2 aromatic heterocycles. The van der Waals surface area contributed by atoms with Gasteiger partial charge < -0.3 is 4.90 Å². The monoisotopic (exact) mass is 378 g/mol. The third-order valence-electron chi connectivity index (χ3n) is 5.62. The Labute approximate surface area is 161 Å². The number of amides is 1. The van der Waals surface area contributed by atoms with Gasteiger partial charge in [0.1, 0.15) is 5.65 Å². The minimum absolute atomic E-state index is 0.181. The van der Waals surface area contributed by atoms with E-state index in [1.54, 1.807) is 0 Å². The third kappa shape index (κ3) is 2.74. The maximum Gasteiger partial charge on any atom is 0.329 e. The van der Waals surface area contributed by atoms with Gasteiger partial charge in [0.05, 0.1) is 10.9 Å². The molecule has 0 radical (unpaired) electrons. The van der Waals surface area contributed by atoms with Gasteiger partial charge in [-0.2, -0.15) is 0 Å². The van der Waals surface area contributed by atoms with Crippen molar-refractivity contribution in [3.63, 3.8) is 0 Å². The van der Waals surface area contributed by atoms with Crippen LogP contribution in [0.5, 0.6) is 0 Å². The van der Waals surface area contributed by atoms with Crippen LogP contribution in [-0.4, -0.2) is 30.9 Å². The van der Waals surface area contributed by atoms with Crippen LogP contribution in [0.15, 0.2) is 40.1 Å². The lowest BCUT2D eigenvalue weighted by Gasteiger charge is -2.44. The number of pyridine rings is 1. The van der Waals surface area contributed by atoms with Crippen molar-refractivity contribution in [2.45, 2.75) is 39.3 Å². The molecule has 7 nitrogen and oxygen atoms in total. The lowest BCUT2D eigenvalue weighted by atomic mass is 9.83. The number of nitrogens with one attached hydrogen (secondary N) is 1. The summed E-state index contributed by atoms with van der Waals surface area (Å²) in [4.78, 5) is 45.6. The Morgan fingerprint density at radius 3 is 2.75 bits per heavy atom. The average molecular weight is 378 g/mol. The molecule has 1 amide bonds. The molecule has 3 heterocycles. The van der Waals surface area contributed by atoms with Crippen molar-refractivity contribution < 1.29 is 4.79 Å². The first kappa shape index (κ1) is 18.2. The summed E-state index contributed by atoms with van der Waals surface area (Å²) in [5, 5.41) is 0.221. The number of nitrogens with zero attached hydrogens (tertiary/aromatic N) is 3. The summed E-state index contributed by atoms with van der Waals surface area (Å²) in [7, 11) is 1.53. The number of aromatic amines is 1. The summed E-state index contributed by atoms with van der Waals surface area (Å²) in [5.41, 5.74) is 2.80. The topological polar surface area (TPSA) is 88.1 Å². The Bertz CT molecular complexity index is 1240. The number of benzene rings is 1. The van der Waals surface area contributed by atoms with E-state index in [0.29, 0.717) is 12.1 Å². The second kappa shape index (κ2) is 6.15. The fraction of sp³-hybridized carbons (Fsp3) is 0.333. The molecule has 4 rings (SSSR count). The molecule has 0 unspecified atom stereocenters. The number of aryl methyl sites for hydroxylation is 2. The maximum absolute atomic E-state index is 13.3. The van der Waals surface area contributed by atoms with E-state index in [0.717, 1.165) is 12.0 Å². The van der Waals surface area contributed by atoms with Crippen molar-refractivity contribution in [2.24, 2.45) is 7.05 Å². The molecule has 0 spiro atoms. The van der Waals surface area contributed by atoms with E-state index >= 15 is 0 Å². The largest absolute Gasteiger partial charge is 0.329 e. The number of hydrogen-bond acceptors (Lipinski definition) is 4. The highest BCUT2D eigenvalue weighted by molar-refractivity contribution is 5.97. The summed E-state index contributed by atoms with van der Waals surface area (Å²) in [6.07, 6.45) is 2.20. The van der Waals surface area contributed by atoms with Gasteiger partial charge in [-0.05, 0) is 49.9 Å². The number of carbonyl (C=O) groups excluding carboxylic acids is 1. The van der Waals surface area contributed by atoms with Gasteiger partial charge in [-0.25, -0.2) is 9.78 Å². The molecular formula is C21H22N4O3. The van der Waals surface area contributed by atoms with Crippen LogP contribution in [0.2, 0.25) is 0 Å². The number of H-pyrrole nitrogens is 1. The molecule has 0 fully saturated rings. The van der Waals surface area contributed by atoms with E-state index in [9.17, 15) is 14.4 Å². The Balaban J connectivity index is 1.79. The van der Waals surface area contributed by atoms with Crippen molar-refractivity contribution >= 4 is 16.9 Å². The van der Waals surface area contributed by atoms with Gasteiger partial charge in [0.15, 0.2) is 0 Å². The molecule has 7 heteroatoms. The minimum Gasteiger partial charge on any atom is -0.329 e. The first-order valence-electron chi connectivity index (χ1n) is 9.17. The van der Waals surface area contributed by atoms with Crippen LogP contribution in [0, 0.1) is 6.92 Å². The standard InChI is InChI=1S/C21H22N4O3/c1-12-6-5-7-13-11-25(21(2,3)9-16(12)13)19(27)14-8-15-17(22-10-14)24(4)20(28)23-18(15)26/h5-8,10H,9,11H2,1-4H3,(H,23,26,28). The highest BCUT2D eigenvalue weighted by atomic mass is 16.2. The quantitative estimate of drug-likeness (QED) is 0.701. The van der Waals surface area contributed by atoms with Crippen molar-refractivity contribution in [1.82, 2.24) is 19.4 Å². The number of hydrogen-bond donors (Lipinski definition) is 1. The fourth-order valence-corrected chi connectivity index (χ4v) is 3.93. The zero-order chi connectivity index (χ0) is 20.2. The molecule has 1 aliphatic heterocycles. The molecular weight excluding hydrogens is 356 g/mol. The zero-order valence-electron chi connectivity index (χ0n) is 16.4. The lowest BCUT2D eigenvalue weighted by Crippen LogP contribution is -2.51. The van der Waals surface area contributed by atoms with Crippen molar-refractivity contribution in [3.05, 3.63) is 73.6 Å². The normalized spacial score (nSPS) is 15.5. The number of fused-ring (bicyclic) bond motifs is 2. The van der Waals surface area contributed by atoms with Crippen molar-refractivity contribution in [1.29, 1.82) is 0 Å². The van der Waals surface area contributed by atoms with Gasteiger partial charge in [-0.15, -0.1) is 0 Å². The third-order valence-corrected chi connectivity index (χ3v) is 5.62. The average Bonchev–Trinajstić information content (AvgIpc) is 2.65. The van der Waals surface area contributed by atoms with E-state index in [1.807, 2.05) is 24.8 Å². The number of carbonyl (C=O) groups is 1. The molecule has 28 heavy (non-hydrogen) atoms. The second-order valence-electron chi connectivity index (χ2n) is 8.01. The first-order valence-corrected chi connectivity index (χ1v) is 9.17. The van der Waals surface area contributed by atoms with E-state index in [4.69, 9.17) is 0 Å². The van der Waals surface area contributed by atoms with Gasteiger partial charge in [0, 0.05) is 25.3 Å². The number of rotatable bonds is 1. The molecule has 0 saturated carbocycles. The first-order chi connectivity index (χ1) is 13.2. The summed E-state index contributed by atoms with van der Waals surface area (Å²) in [5.74, 6) is -0.181. The van der Waals surface area contributed by atoms with Gasteiger partial charge in [0.25, 0.3) is 11.5 Å². The smallest absolute Gasteiger partial charge is 0.329 e. The predicted octanol–water partition coefficient (Wildman–Crippen LogP) is 1.91. The van der Waals surface area contributed by atoms with Gasteiger partial charge in [-0.3, -0.25) is 19.1 Å². The van der Waals surface area contributed by atoms with Gasteiger partial charge in [-0.1, -0.05) is 18.2 Å². The fourth-order valence-electron chi connectivity index (χ4n) is 3.93. The van der Waals surface area contributed by atoms with Crippen LogP contribution >= 0.6 is 0 Å². The van der Waals surface area contributed by atoms with E-state index < -0.39 is 11.2 Å². The SMILES string of the molecule is Cc1cccc2c1CC(C)(C)N(C(=O)c1cnc3c(c1)c(=O)[nH]c(=O)n3C)C2. The van der Waals surface area contributed by atoms with E-state index in [-0.39, 0.29) is 22.5 Å². The molecule has 144 valence electrons. The molecule has 3 aromatic rings. The van der Waals surface area contributed by atoms with E-state index in [1.165, 1.54) is 35.0 Å². The van der Waals surface area contributed by atoms with Gasteiger partial charge >= 0.3 is 5.69 Å². The number of aromatic nitrogens is 3. The van der Waals surface area contributed by atoms with Crippen LogP contribution in [0.3, 0.4) is 0 Å². The summed E-state index contributed by atoms with van der Waals surface area (Å²) in [6.45, 7) is 6.69. The van der Waals surface area contributed by atoms with Crippen LogP contribution in [0.4, 0.5) is 0 Å². The Kier molecular flexibility index (Phi) is 3.99. The van der Waals surface area contributed by atoms with E-state index in [2.05, 4.69) is 29.0 Å². The minimum atomic E-state index is -0.542. The lowest BCUT2D eigenvalue weighted by molar-refractivity contribution is 0.0487. The van der Waals surface area contributed by atoms with Crippen molar-refractivity contribution in [2.75, 3.05) is 0 Å². The molecule has 0 saturated heterocycles. The highest BCUT2D eigenvalue weighted by Crippen LogP contribution is 2.33. The summed E-state index contributed by atoms with van der Waals surface area (Å²) < 4.78 is 1.26. The van der Waals surface area contributed by atoms with Crippen molar-refractivity contribution in [3.8, 4) is 0 Å². The predicted molar refractivity (Wildman–Crippen MR) is 106 cm³/mol. The zero-order valence-corrected chi connectivity index (χ0v) is 16.4. The molecule has 1 aromatic carbocycles. The highest BCUT2D eigenvalue weighted by Gasteiger charge is 2.37. The molecule has 1 aliphatic rings. The summed E-state index contributed by atoms with van der Waals surface area (Å²) >= 11 is 0. The Morgan fingerprint density at radius 2 is 2.00 bits per heavy atom. The van der Waals surface area contributed by atoms with Crippen LogP contribution in [0.1, 0.15) is 40.9 Å². The molecule has 0 aliphatic carbocycles. The molecule has 0 atom stereocenters. The Hall–Kier alpha value is -3.22. The molecule has 0 bridgehead atoms. The van der Waals surface area contributed by atoms with Crippen LogP contribution < -0.4 is 11.2 Å². The van der Waals surface area contributed by atoms with Gasteiger partial charge in [0.2, 0.25) is 0 Å². The Morgan fingerprint density at radius 1 is 1.25 bits per heavy atom. The summed E-state index contributed by atoms with van der Waals surface area (Å²) in [6, 6.07) is 7.67. The van der Waals surface area contributed by atoms with Crippen LogP contribution in [-0.2, 0) is 20.0 Å². The second-order valence-corrected chi connectivity index (χ2v) is 8.01.